The molecular weight excluding hydrogens is 382 g/mol. The van der Waals surface area contributed by atoms with Crippen LogP contribution >= 0.6 is 11.6 Å². The van der Waals surface area contributed by atoms with E-state index >= 15 is 0 Å². The Labute approximate surface area is 139 Å². The smallest absolute Gasteiger partial charge is 0.369 e. The van der Waals surface area contributed by atoms with Gasteiger partial charge in [0.2, 0.25) is 0 Å². The highest BCUT2D eigenvalue weighted by atomic mass is 35.5. The van der Waals surface area contributed by atoms with Crippen LogP contribution in [0.2, 0.25) is 5.02 Å². The SMILES string of the molecule is CCn1c(=O)[nH]c2cc(Cl)c(C(O)(C(F)(F)F)C(F)(F)F)cc2c1=O. The second-order valence-corrected chi connectivity index (χ2v) is 5.47. The van der Waals surface area contributed by atoms with Gasteiger partial charge in [0.15, 0.2) is 0 Å². The van der Waals surface area contributed by atoms with Crippen molar-refractivity contribution in [2.45, 2.75) is 31.4 Å². The highest BCUT2D eigenvalue weighted by Gasteiger charge is 2.72. The summed E-state index contributed by atoms with van der Waals surface area (Å²) in [5, 5.41) is 7.68. The predicted octanol–water partition coefficient (Wildman–Crippen LogP) is 2.68. The maximum atomic E-state index is 13.0. The molecule has 2 N–H and O–H groups in total. The van der Waals surface area contributed by atoms with E-state index in [-0.39, 0.29) is 18.1 Å². The zero-order valence-corrected chi connectivity index (χ0v) is 13.0. The highest BCUT2D eigenvalue weighted by molar-refractivity contribution is 6.32. The van der Waals surface area contributed by atoms with Crippen LogP contribution in [0.25, 0.3) is 10.9 Å². The van der Waals surface area contributed by atoms with Gasteiger partial charge in [-0.2, -0.15) is 26.3 Å². The van der Waals surface area contributed by atoms with Crippen molar-refractivity contribution >= 4 is 22.5 Å². The zero-order valence-electron chi connectivity index (χ0n) is 12.2. The fraction of sp³-hybridized carbons (Fsp3) is 0.385. The Hall–Kier alpha value is -2.01. The number of H-pyrrole nitrogens is 1. The van der Waals surface area contributed by atoms with E-state index in [2.05, 4.69) is 4.98 Å². The lowest BCUT2D eigenvalue weighted by Gasteiger charge is -2.33. The summed E-state index contributed by atoms with van der Waals surface area (Å²) >= 11 is 5.49. The molecule has 2 aromatic rings. The van der Waals surface area contributed by atoms with Crippen molar-refractivity contribution in [2.24, 2.45) is 0 Å². The van der Waals surface area contributed by atoms with E-state index in [4.69, 9.17) is 11.6 Å². The molecule has 2 rings (SSSR count). The first kappa shape index (κ1) is 19.3. The lowest BCUT2D eigenvalue weighted by molar-refractivity contribution is -0.376. The standard InChI is InChI=1S/C13H9ClF6N2O3/c1-2-22-9(23)5-3-6(7(14)4-8(5)21-10(22)24)11(25,12(15,16)17)13(18,19)20/h3-4,25H,2H2,1H3,(H,21,24). The first-order valence-corrected chi connectivity index (χ1v) is 6.96. The van der Waals surface area contributed by atoms with Crippen LogP contribution in [0, 0.1) is 0 Å². The van der Waals surface area contributed by atoms with Gasteiger partial charge < -0.3 is 10.1 Å². The Bertz CT molecular complexity index is 930. The Kier molecular flexibility index (Phi) is 4.46. The molecule has 0 saturated carbocycles. The molecule has 1 aromatic heterocycles. The molecule has 1 heterocycles. The summed E-state index contributed by atoms with van der Waals surface area (Å²) in [5.74, 6) is 0. The van der Waals surface area contributed by atoms with E-state index in [1.807, 2.05) is 0 Å². The molecule has 0 spiro atoms. The average Bonchev–Trinajstić information content (AvgIpc) is 2.44. The van der Waals surface area contributed by atoms with Crippen LogP contribution in [-0.4, -0.2) is 27.0 Å². The van der Waals surface area contributed by atoms with Crippen LogP contribution in [0.3, 0.4) is 0 Å². The number of alkyl halides is 6. The topological polar surface area (TPSA) is 75.1 Å². The third-order valence-corrected chi connectivity index (χ3v) is 3.91. The van der Waals surface area contributed by atoms with Crippen LogP contribution in [-0.2, 0) is 12.1 Å². The van der Waals surface area contributed by atoms with Gasteiger partial charge >= 0.3 is 18.0 Å². The average molecular weight is 391 g/mol. The second kappa shape index (κ2) is 5.77. The number of aromatic nitrogens is 2. The number of fused-ring (bicyclic) bond motifs is 1. The third kappa shape index (κ3) is 2.80. The number of hydrogen-bond acceptors (Lipinski definition) is 3. The number of rotatable bonds is 2. The summed E-state index contributed by atoms with van der Waals surface area (Å²) in [7, 11) is 0. The Morgan fingerprint density at radius 1 is 1.12 bits per heavy atom. The monoisotopic (exact) mass is 390 g/mol. The molecule has 0 amide bonds. The minimum Gasteiger partial charge on any atom is -0.369 e. The van der Waals surface area contributed by atoms with Crippen LogP contribution in [0.1, 0.15) is 12.5 Å². The van der Waals surface area contributed by atoms with Crippen LogP contribution in [0.4, 0.5) is 26.3 Å². The molecule has 0 bridgehead atoms. The molecule has 5 nitrogen and oxygen atoms in total. The molecule has 0 saturated heterocycles. The number of halogens is 7. The van der Waals surface area contributed by atoms with E-state index in [0.717, 1.165) is 0 Å². The minimum atomic E-state index is -6.16. The largest absolute Gasteiger partial charge is 0.430 e. The molecular formula is C13H9ClF6N2O3. The fourth-order valence-electron chi connectivity index (χ4n) is 2.30. The molecule has 0 atom stereocenters. The molecule has 138 valence electrons. The van der Waals surface area contributed by atoms with E-state index in [1.165, 1.54) is 6.92 Å². The Morgan fingerprint density at radius 3 is 2.08 bits per heavy atom. The van der Waals surface area contributed by atoms with Crippen LogP contribution in [0.5, 0.6) is 0 Å². The quantitative estimate of drug-likeness (QED) is 0.774. The summed E-state index contributed by atoms with van der Waals surface area (Å²) in [6.07, 6.45) is -12.3. The van der Waals surface area contributed by atoms with Gasteiger partial charge in [0, 0.05) is 17.1 Å². The molecule has 12 heteroatoms. The van der Waals surface area contributed by atoms with Gasteiger partial charge in [0.1, 0.15) is 0 Å². The normalized spacial score (nSPS) is 13.5. The van der Waals surface area contributed by atoms with Gasteiger partial charge in [-0.1, -0.05) is 11.6 Å². The predicted molar refractivity (Wildman–Crippen MR) is 75.5 cm³/mol. The Morgan fingerprint density at radius 2 is 1.64 bits per heavy atom. The van der Waals surface area contributed by atoms with Gasteiger partial charge in [-0.3, -0.25) is 9.36 Å². The molecule has 0 aliphatic rings. The fourth-order valence-corrected chi connectivity index (χ4v) is 2.60. The number of benzene rings is 1. The van der Waals surface area contributed by atoms with Gasteiger partial charge in [-0.25, -0.2) is 4.79 Å². The van der Waals surface area contributed by atoms with E-state index in [0.29, 0.717) is 10.6 Å². The van der Waals surface area contributed by atoms with Crippen molar-refractivity contribution < 1.29 is 31.4 Å². The van der Waals surface area contributed by atoms with Gasteiger partial charge in [0.05, 0.1) is 10.9 Å². The number of aliphatic hydroxyl groups is 1. The number of hydrogen-bond donors (Lipinski definition) is 2. The Balaban J connectivity index is 2.98. The third-order valence-electron chi connectivity index (χ3n) is 3.60. The van der Waals surface area contributed by atoms with E-state index in [1.54, 1.807) is 0 Å². The first-order valence-electron chi connectivity index (χ1n) is 6.58. The lowest BCUT2D eigenvalue weighted by Crippen LogP contribution is -2.54. The number of aromatic amines is 1. The maximum Gasteiger partial charge on any atom is 0.430 e. The van der Waals surface area contributed by atoms with Crippen molar-refractivity contribution in [2.75, 3.05) is 0 Å². The molecule has 0 aliphatic heterocycles. The van der Waals surface area contributed by atoms with E-state index < -0.39 is 45.2 Å². The number of nitrogens with one attached hydrogen (secondary N) is 1. The van der Waals surface area contributed by atoms with Crippen LogP contribution in [0.15, 0.2) is 21.7 Å². The molecule has 0 unspecified atom stereocenters. The van der Waals surface area contributed by atoms with Crippen molar-refractivity contribution in [3.8, 4) is 0 Å². The second-order valence-electron chi connectivity index (χ2n) is 5.06. The minimum absolute atomic E-state index is 0.176. The lowest BCUT2D eigenvalue weighted by atomic mass is 9.91. The summed E-state index contributed by atoms with van der Waals surface area (Å²) in [6, 6.07) is 0.737. The highest BCUT2D eigenvalue weighted by Crippen LogP contribution is 2.52. The van der Waals surface area contributed by atoms with E-state index in [9.17, 15) is 41.0 Å². The van der Waals surface area contributed by atoms with Crippen LogP contribution < -0.4 is 11.2 Å². The molecule has 1 aromatic carbocycles. The molecule has 0 radical (unpaired) electrons. The molecule has 25 heavy (non-hydrogen) atoms. The van der Waals surface area contributed by atoms with Crippen molar-refractivity contribution in [1.29, 1.82) is 0 Å². The molecule has 0 aliphatic carbocycles. The van der Waals surface area contributed by atoms with Gasteiger partial charge in [-0.15, -0.1) is 0 Å². The maximum absolute atomic E-state index is 13.0. The van der Waals surface area contributed by atoms with Gasteiger partial charge in [-0.05, 0) is 19.1 Å². The van der Waals surface area contributed by atoms with Crippen molar-refractivity contribution in [1.82, 2.24) is 9.55 Å². The summed E-state index contributed by atoms with van der Waals surface area (Å²) in [6.45, 7) is 1.20. The van der Waals surface area contributed by atoms with Crippen molar-refractivity contribution in [3.63, 3.8) is 0 Å². The van der Waals surface area contributed by atoms with Crippen molar-refractivity contribution in [3.05, 3.63) is 43.6 Å². The summed E-state index contributed by atoms with van der Waals surface area (Å²) < 4.78 is 78.6. The zero-order chi connectivity index (χ0) is 19.4. The van der Waals surface area contributed by atoms with Gasteiger partial charge in [0.25, 0.3) is 11.2 Å². The first-order chi connectivity index (χ1) is 11.3. The molecule has 0 fully saturated rings. The number of nitrogens with zero attached hydrogens (tertiary/aromatic N) is 1. The summed E-state index contributed by atoms with van der Waals surface area (Å²) in [4.78, 5) is 25.9. The summed E-state index contributed by atoms with van der Waals surface area (Å²) in [5.41, 5.74) is -9.43.